The molecule has 3 aliphatic heterocycles. The fraction of sp³-hybridized carbons (Fsp3) is 0.550. The van der Waals surface area contributed by atoms with E-state index in [1.807, 2.05) is 13.8 Å². The molecular formula is C20H24O7. The third-order valence-electron chi connectivity index (χ3n) is 5.08. The third-order valence-corrected chi connectivity index (χ3v) is 5.08. The quantitative estimate of drug-likeness (QED) is 0.588. The Morgan fingerprint density at radius 3 is 2.78 bits per heavy atom. The van der Waals surface area contributed by atoms with Gasteiger partial charge in [-0.05, 0) is 18.9 Å². The zero-order valence-corrected chi connectivity index (χ0v) is 15.7. The van der Waals surface area contributed by atoms with Crippen LogP contribution in [0.1, 0.15) is 33.6 Å². The Morgan fingerprint density at radius 2 is 2.15 bits per heavy atom. The van der Waals surface area contributed by atoms with Crippen molar-refractivity contribution in [2.24, 2.45) is 11.8 Å². The van der Waals surface area contributed by atoms with Crippen LogP contribution in [0.2, 0.25) is 0 Å². The molecule has 3 aliphatic rings. The highest BCUT2D eigenvalue weighted by Gasteiger charge is 2.52. The fourth-order valence-electron chi connectivity index (χ4n) is 3.66. The number of hydrogen-bond donors (Lipinski definition) is 1. The predicted molar refractivity (Wildman–Crippen MR) is 94.2 cm³/mol. The first kappa shape index (κ1) is 19.4. The van der Waals surface area contributed by atoms with E-state index in [0.717, 1.165) is 0 Å². The summed E-state index contributed by atoms with van der Waals surface area (Å²) in [4.78, 5) is 37.0. The minimum atomic E-state index is -1.26. The first-order valence-corrected chi connectivity index (χ1v) is 9.01. The molecule has 1 saturated heterocycles. The molecule has 146 valence electrons. The topological polar surface area (TPSA) is 99.1 Å². The van der Waals surface area contributed by atoms with Crippen molar-refractivity contribution in [1.29, 1.82) is 0 Å². The largest absolute Gasteiger partial charge is 0.479 e. The Hall–Kier alpha value is -2.41. The summed E-state index contributed by atoms with van der Waals surface area (Å²) in [7, 11) is 0. The van der Waals surface area contributed by atoms with E-state index < -0.39 is 35.7 Å². The van der Waals surface area contributed by atoms with Gasteiger partial charge in [-0.1, -0.05) is 20.4 Å². The molecule has 27 heavy (non-hydrogen) atoms. The van der Waals surface area contributed by atoms with Crippen LogP contribution in [0.4, 0.5) is 0 Å². The Morgan fingerprint density at radius 1 is 1.44 bits per heavy atom. The average Bonchev–Trinajstić information content (AvgIpc) is 3.01. The van der Waals surface area contributed by atoms with Crippen LogP contribution in [0, 0.1) is 11.8 Å². The number of ketones is 1. The molecule has 4 atom stereocenters. The normalized spacial score (nSPS) is 32.6. The summed E-state index contributed by atoms with van der Waals surface area (Å²) in [5, 5.41) is 9.70. The summed E-state index contributed by atoms with van der Waals surface area (Å²) in [5.41, 5.74) is -0.731. The monoisotopic (exact) mass is 376 g/mol. The average molecular weight is 376 g/mol. The van der Waals surface area contributed by atoms with Gasteiger partial charge in [0.25, 0.3) is 0 Å². The van der Waals surface area contributed by atoms with Gasteiger partial charge in [-0.2, -0.15) is 0 Å². The van der Waals surface area contributed by atoms with Crippen molar-refractivity contribution in [2.45, 2.75) is 51.4 Å². The summed E-state index contributed by atoms with van der Waals surface area (Å²) in [5.74, 6) is -1.59. The molecule has 7 nitrogen and oxygen atoms in total. The Balaban J connectivity index is 2.02. The van der Waals surface area contributed by atoms with Gasteiger partial charge in [0.05, 0.1) is 12.5 Å². The first-order valence-electron chi connectivity index (χ1n) is 9.01. The molecule has 3 heterocycles. The number of fused-ring (bicyclic) bond motifs is 3. The van der Waals surface area contributed by atoms with Gasteiger partial charge in [-0.3, -0.25) is 9.59 Å². The van der Waals surface area contributed by atoms with Gasteiger partial charge in [-0.15, -0.1) is 0 Å². The van der Waals surface area contributed by atoms with Crippen LogP contribution in [0.5, 0.6) is 0 Å². The molecule has 0 aliphatic carbocycles. The van der Waals surface area contributed by atoms with Crippen LogP contribution in [-0.2, 0) is 28.6 Å². The summed E-state index contributed by atoms with van der Waals surface area (Å²) in [6, 6.07) is 0. The molecule has 0 spiro atoms. The van der Waals surface area contributed by atoms with Crippen LogP contribution in [0.25, 0.3) is 0 Å². The van der Waals surface area contributed by atoms with Gasteiger partial charge >= 0.3 is 11.9 Å². The minimum Gasteiger partial charge on any atom is -0.479 e. The van der Waals surface area contributed by atoms with Crippen LogP contribution >= 0.6 is 0 Å². The number of hydrogen-bond acceptors (Lipinski definition) is 7. The number of carbonyl (C=O) groups is 3. The Labute approximate surface area is 157 Å². The lowest BCUT2D eigenvalue weighted by atomic mass is 9.82. The molecule has 0 aromatic carbocycles. The van der Waals surface area contributed by atoms with Gasteiger partial charge in [-0.25, -0.2) is 4.79 Å². The molecule has 4 unspecified atom stereocenters. The Kier molecular flexibility index (Phi) is 4.99. The predicted octanol–water partition coefficient (Wildman–Crippen LogP) is 1.61. The van der Waals surface area contributed by atoms with Gasteiger partial charge in [0.2, 0.25) is 5.78 Å². The van der Waals surface area contributed by atoms with Crippen molar-refractivity contribution in [2.75, 3.05) is 6.61 Å². The molecule has 0 saturated carbocycles. The first-order chi connectivity index (χ1) is 12.6. The summed E-state index contributed by atoms with van der Waals surface area (Å²) in [6.07, 6.45) is 1.55. The molecule has 0 aromatic rings. The lowest BCUT2D eigenvalue weighted by Gasteiger charge is -2.31. The second-order valence-corrected chi connectivity index (χ2v) is 7.81. The number of aliphatic hydroxyl groups excluding tert-OH is 1. The lowest BCUT2D eigenvalue weighted by molar-refractivity contribution is -0.158. The number of carbonyl (C=O) groups excluding carboxylic acids is 3. The van der Waals surface area contributed by atoms with E-state index in [0.29, 0.717) is 5.57 Å². The van der Waals surface area contributed by atoms with E-state index >= 15 is 0 Å². The molecule has 7 heteroatoms. The van der Waals surface area contributed by atoms with Crippen LogP contribution < -0.4 is 0 Å². The fourth-order valence-corrected chi connectivity index (χ4v) is 3.66. The van der Waals surface area contributed by atoms with Crippen molar-refractivity contribution in [1.82, 2.24) is 0 Å². The number of aliphatic hydroxyl groups is 1. The van der Waals surface area contributed by atoms with Crippen molar-refractivity contribution in [3.8, 4) is 0 Å². The molecule has 0 aromatic heterocycles. The van der Waals surface area contributed by atoms with Crippen LogP contribution in [0.3, 0.4) is 0 Å². The maximum absolute atomic E-state index is 12.5. The van der Waals surface area contributed by atoms with Crippen molar-refractivity contribution in [3.05, 3.63) is 35.6 Å². The standard InChI is InChI=1S/C20H24O7/c1-10(2)5-17(23)25-15-8-20(4)16(22)7-13(27-20)12(9-21)6-14-18(15)11(3)19(24)26-14/h6-7,10,14-15,18,21H,3,5,8-9H2,1-2,4H3. The number of rotatable bonds is 4. The molecular weight excluding hydrogens is 352 g/mol. The second kappa shape index (κ2) is 6.96. The Bertz CT molecular complexity index is 760. The van der Waals surface area contributed by atoms with Crippen molar-refractivity contribution >= 4 is 17.7 Å². The van der Waals surface area contributed by atoms with E-state index in [9.17, 15) is 19.5 Å². The smallest absolute Gasteiger partial charge is 0.334 e. The lowest BCUT2D eigenvalue weighted by Crippen LogP contribution is -2.42. The van der Waals surface area contributed by atoms with E-state index in [4.69, 9.17) is 14.2 Å². The SMILES string of the molecule is C=C1C(=O)OC2C=C(CO)C3=CC(=O)C(C)(CC(OC(=O)CC(C)C)C12)O3. The van der Waals surface area contributed by atoms with E-state index in [1.165, 1.54) is 6.08 Å². The molecule has 1 fully saturated rings. The van der Waals surface area contributed by atoms with Crippen molar-refractivity contribution in [3.63, 3.8) is 0 Å². The molecule has 0 amide bonds. The van der Waals surface area contributed by atoms with Gasteiger partial charge in [0, 0.05) is 30.1 Å². The molecule has 3 rings (SSSR count). The van der Waals surface area contributed by atoms with Gasteiger partial charge in [0.15, 0.2) is 5.60 Å². The second-order valence-electron chi connectivity index (χ2n) is 7.81. The zero-order chi connectivity index (χ0) is 19.9. The summed E-state index contributed by atoms with van der Waals surface area (Å²) >= 11 is 0. The number of esters is 2. The maximum Gasteiger partial charge on any atom is 0.334 e. The highest BCUT2D eigenvalue weighted by atomic mass is 16.6. The summed E-state index contributed by atoms with van der Waals surface area (Å²) in [6.45, 7) is 8.81. The van der Waals surface area contributed by atoms with Crippen molar-refractivity contribution < 1.29 is 33.7 Å². The zero-order valence-electron chi connectivity index (χ0n) is 15.7. The highest BCUT2D eigenvalue weighted by molar-refractivity contribution is 6.00. The maximum atomic E-state index is 12.5. The molecule has 0 radical (unpaired) electrons. The minimum absolute atomic E-state index is 0.0546. The van der Waals surface area contributed by atoms with E-state index in [2.05, 4.69) is 6.58 Å². The van der Waals surface area contributed by atoms with Crippen LogP contribution in [-0.4, -0.2) is 47.2 Å². The van der Waals surface area contributed by atoms with E-state index in [1.54, 1.807) is 13.0 Å². The summed E-state index contributed by atoms with van der Waals surface area (Å²) < 4.78 is 16.9. The molecule has 1 N–H and O–H groups in total. The number of ether oxygens (including phenoxy) is 3. The van der Waals surface area contributed by atoms with E-state index in [-0.39, 0.29) is 42.5 Å². The third kappa shape index (κ3) is 3.56. The van der Waals surface area contributed by atoms with Gasteiger partial charge < -0.3 is 19.3 Å². The highest BCUT2D eigenvalue weighted by Crippen LogP contribution is 2.42. The van der Waals surface area contributed by atoms with Gasteiger partial charge in [0.1, 0.15) is 18.0 Å². The molecule has 2 bridgehead atoms. The van der Waals surface area contributed by atoms with Crippen LogP contribution in [0.15, 0.2) is 35.6 Å².